The number of nitrogens with one attached hydrogen (secondary N) is 2. The fraction of sp³-hybridized carbons (Fsp3) is 0.500. The molecule has 2 rings (SSSR count). The molecular weight excluding hydrogens is 386 g/mol. The Morgan fingerprint density at radius 3 is 2.70 bits per heavy atom. The van der Waals surface area contributed by atoms with E-state index in [0.717, 1.165) is 39.8 Å². The number of hydrogen-bond acceptors (Lipinski definition) is 3. The molecule has 6 heteroatoms. The van der Waals surface area contributed by atoms with E-state index in [-0.39, 0.29) is 5.91 Å². The Morgan fingerprint density at radius 1 is 1.45 bits per heavy atom. The first-order valence-electron chi connectivity index (χ1n) is 6.67. The van der Waals surface area contributed by atoms with E-state index in [0.29, 0.717) is 12.6 Å². The Balaban J connectivity index is 2.01. The highest BCUT2D eigenvalue weighted by Crippen LogP contribution is 2.32. The summed E-state index contributed by atoms with van der Waals surface area (Å²) in [5.41, 5.74) is 1.93. The minimum atomic E-state index is 0.0176. The highest BCUT2D eigenvalue weighted by Gasteiger charge is 2.21. The number of halogens is 2. The molecule has 0 aromatic heterocycles. The molecule has 0 aliphatic carbocycles. The van der Waals surface area contributed by atoms with Crippen LogP contribution >= 0.6 is 31.9 Å². The molecule has 1 unspecified atom stereocenters. The van der Waals surface area contributed by atoms with Crippen molar-refractivity contribution in [1.82, 2.24) is 10.2 Å². The van der Waals surface area contributed by atoms with Gasteiger partial charge < -0.3 is 10.6 Å². The molecule has 0 bridgehead atoms. The lowest BCUT2D eigenvalue weighted by atomic mass is 10.2. The number of carbonyl (C=O) groups is 1. The topological polar surface area (TPSA) is 44.4 Å². The third-order valence-electron chi connectivity index (χ3n) is 3.44. The van der Waals surface area contributed by atoms with Crippen molar-refractivity contribution in [3.05, 3.63) is 26.6 Å². The average Bonchev–Trinajstić information content (AvgIpc) is 2.36. The number of nitrogens with zero attached hydrogens (tertiary/aromatic N) is 1. The number of amides is 1. The standard InChI is InChI=1S/C14H19Br2N3O/c1-9-5-11(15)14(12(16)6-9)18-13(20)8-19-4-3-17-7-10(19)2/h5-6,10,17H,3-4,7-8H2,1-2H3,(H,18,20). The smallest absolute Gasteiger partial charge is 0.238 e. The van der Waals surface area contributed by atoms with Gasteiger partial charge in [0.2, 0.25) is 5.91 Å². The number of benzene rings is 1. The Bertz CT molecular complexity index is 484. The summed E-state index contributed by atoms with van der Waals surface area (Å²) in [7, 11) is 0. The van der Waals surface area contributed by atoms with Crippen LogP contribution < -0.4 is 10.6 Å². The van der Waals surface area contributed by atoms with E-state index >= 15 is 0 Å². The van der Waals surface area contributed by atoms with Crippen molar-refractivity contribution < 1.29 is 4.79 Å². The summed E-state index contributed by atoms with van der Waals surface area (Å²) in [5.74, 6) is 0.0176. The molecule has 1 fully saturated rings. The molecule has 1 aromatic carbocycles. The van der Waals surface area contributed by atoms with Crippen molar-refractivity contribution in [2.75, 3.05) is 31.5 Å². The van der Waals surface area contributed by atoms with Crippen LogP contribution in [0.15, 0.2) is 21.1 Å². The molecule has 1 heterocycles. The number of aryl methyl sites for hydroxylation is 1. The first-order chi connectivity index (χ1) is 9.47. The highest BCUT2D eigenvalue weighted by molar-refractivity contribution is 9.11. The van der Waals surface area contributed by atoms with Crippen molar-refractivity contribution in [2.24, 2.45) is 0 Å². The molecule has 1 aromatic rings. The lowest BCUT2D eigenvalue weighted by molar-refractivity contribution is -0.118. The van der Waals surface area contributed by atoms with E-state index in [1.165, 1.54) is 0 Å². The van der Waals surface area contributed by atoms with E-state index in [2.05, 4.69) is 54.3 Å². The number of anilines is 1. The molecule has 1 saturated heterocycles. The van der Waals surface area contributed by atoms with Crippen molar-refractivity contribution in [2.45, 2.75) is 19.9 Å². The van der Waals surface area contributed by atoms with Crippen molar-refractivity contribution in [3.8, 4) is 0 Å². The van der Waals surface area contributed by atoms with Crippen molar-refractivity contribution >= 4 is 43.5 Å². The van der Waals surface area contributed by atoms with Gasteiger partial charge in [0.15, 0.2) is 0 Å². The number of hydrogen-bond donors (Lipinski definition) is 2. The predicted molar refractivity (Wildman–Crippen MR) is 89.1 cm³/mol. The van der Waals surface area contributed by atoms with Crippen LogP contribution in [0.4, 0.5) is 5.69 Å². The Hall–Kier alpha value is -0.430. The molecule has 4 nitrogen and oxygen atoms in total. The molecule has 0 radical (unpaired) electrons. The van der Waals surface area contributed by atoms with Crippen LogP contribution in [0.5, 0.6) is 0 Å². The molecule has 1 amide bonds. The first-order valence-corrected chi connectivity index (χ1v) is 8.26. The van der Waals surface area contributed by atoms with Crippen LogP contribution in [0.1, 0.15) is 12.5 Å². The van der Waals surface area contributed by atoms with Gasteiger partial charge >= 0.3 is 0 Å². The first kappa shape index (κ1) is 15.9. The van der Waals surface area contributed by atoms with Gasteiger partial charge in [-0.3, -0.25) is 9.69 Å². The molecule has 20 heavy (non-hydrogen) atoms. The Kier molecular flexibility index (Phi) is 5.60. The molecule has 2 N–H and O–H groups in total. The van der Waals surface area contributed by atoms with Crippen LogP contribution in [0.2, 0.25) is 0 Å². The van der Waals surface area contributed by atoms with Crippen LogP contribution in [0.25, 0.3) is 0 Å². The van der Waals surface area contributed by atoms with E-state index in [9.17, 15) is 4.79 Å². The third kappa shape index (κ3) is 4.04. The lowest BCUT2D eigenvalue weighted by Gasteiger charge is -2.33. The zero-order chi connectivity index (χ0) is 14.7. The zero-order valence-electron chi connectivity index (χ0n) is 11.7. The van der Waals surface area contributed by atoms with Crippen LogP contribution in [-0.2, 0) is 4.79 Å². The van der Waals surface area contributed by atoms with Gasteiger partial charge in [-0.25, -0.2) is 0 Å². The van der Waals surface area contributed by atoms with Crippen molar-refractivity contribution in [1.29, 1.82) is 0 Å². The highest BCUT2D eigenvalue weighted by atomic mass is 79.9. The molecular formula is C14H19Br2N3O. The molecule has 1 atom stereocenters. The normalized spacial score (nSPS) is 19.9. The molecule has 1 aliphatic rings. The second-order valence-corrected chi connectivity index (χ2v) is 6.88. The second-order valence-electron chi connectivity index (χ2n) is 5.18. The fourth-order valence-corrected chi connectivity index (χ4v) is 3.91. The Morgan fingerprint density at radius 2 is 2.10 bits per heavy atom. The van der Waals surface area contributed by atoms with Gasteiger partial charge in [0.25, 0.3) is 0 Å². The quantitative estimate of drug-likeness (QED) is 0.813. The summed E-state index contributed by atoms with van der Waals surface area (Å²) in [6, 6.07) is 4.38. The molecule has 110 valence electrons. The molecule has 1 aliphatic heterocycles. The summed E-state index contributed by atoms with van der Waals surface area (Å²) < 4.78 is 1.79. The van der Waals surface area contributed by atoms with Gasteiger partial charge in [-0.05, 0) is 63.4 Å². The van der Waals surface area contributed by atoms with Crippen molar-refractivity contribution in [3.63, 3.8) is 0 Å². The zero-order valence-corrected chi connectivity index (χ0v) is 14.8. The Labute approximate surface area is 136 Å². The third-order valence-corrected chi connectivity index (χ3v) is 4.69. The monoisotopic (exact) mass is 403 g/mol. The summed E-state index contributed by atoms with van der Waals surface area (Å²) >= 11 is 6.99. The summed E-state index contributed by atoms with van der Waals surface area (Å²) in [5, 5.41) is 6.30. The minimum Gasteiger partial charge on any atom is -0.323 e. The maximum absolute atomic E-state index is 12.2. The maximum atomic E-state index is 12.2. The summed E-state index contributed by atoms with van der Waals surface area (Å²) in [6.45, 7) is 7.36. The van der Waals surface area contributed by atoms with Gasteiger partial charge in [0, 0.05) is 34.6 Å². The minimum absolute atomic E-state index is 0.0176. The van der Waals surface area contributed by atoms with E-state index < -0.39 is 0 Å². The lowest BCUT2D eigenvalue weighted by Crippen LogP contribution is -2.52. The average molecular weight is 405 g/mol. The van der Waals surface area contributed by atoms with Gasteiger partial charge in [0.1, 0.15) is 0 Å². The summed E-state index contributed by atoms with van der Waals surface area (Å²) in [4.78, 5) is 14.4. The number of piperazine rings is 1. The van der Waals surface area contributed by atoms with Crippen LogP contribution in [-0.4, -0.2) is 43.0 Å². The second kappa shape index (κ2) is 7.02. The van der Waals surface area contributed by atoms with Gasteiger partial charge in [-0.15, -0.1) is 0 Å². The van der Waals surface area contributed by atoms with E-state index in [1.807, 2.05) is 19.1 Å². The van der Waals surface area contributed by atoms with E-state index in [1.54, 1.807) is 0 Å². The van der Waals surface area contributed by atoms with E-state index in [4.69, 9.17) is 0 Å². The van der Waals surface area contributed by atoms with Crippen LogP contribution in [0, 0.1) is 6.92 Å². The van der Waals surface area contributed by atoms with Crippen LogP contribution in [0.3, 0.4) is 0 Å². The fourth-order valence-electron chi connectivity index (χ4n) is 2.30. The largest absolute Gasteiger partial charge is 0.323 e. The van der Waals surface area contributed by atoms with Gasteiger partial charge in [-0.2, -0.15) is 0 Å². The predicted octanol–water partition coefficient (Wildman–Crippen LogP) is 2.75. The number of rotatable bonds is 3. The maximum Gasteiger partial charge on any atom is 0.238 e. The van der Waals surface area contributed by atoms with Gasteiger partial charge in [-0.1, -0.05) is 0 Å². The molecule has 0 saturated carbocycles. The molecule has 0 spiro atoms. The summed E-state index contributed by atoms with van der Waals surface area (Å²) in [6.07, 6.45) is 0. The SMILES string of the molecule is Cc1cc(Br)c(NC(=O)CN2CCNCC2C)c(Br)c1. The number of carbonyl (C=O) groups excluding carboxylic acids is 1. The van der Waals surface area contributed by atoms with Gasteiger partial charge in [0.05, 0.1) is 12.2 Å².